The predicted octanol–water partition coefficient (Wildman–Crippen LogP) is 2.21. The Balaban J connectivity index is 1.83. The van der Waals surface area contributed by atoms with Crippen LogP contribution in [0.15, 0.2) is 29.2 Å². The van der Waals surface area contributed by atoms with Crippen molar-refractivity contribution in [2.75, 3.05) is 20.3 Å². The Morgan fingerprint density at radius 1 is 1.35 bits per heavy atom. The minimum absolute atomic E-state index is 0.161. The first-order chi connectivity index (χ1) is 12.7. The fraction of sp³-hybridized carbons (Fsp3) is 0.421. The normalized spacial score (nSPS) is 15.1. The lowest BCUT2D eigenvalue weighted by Gasteiger charge is -2.12. The molecule has 7 heteroatoms. The summed E-state index contributed by atoms with van der Waals surface area (Å²) in [6.45, 7) is 0.914. The third-order valence-corrected chi connectivity index (χ3v) is 5.08. The van der Waals surface area contributed by atoms with E-state index in [2.05, 4.69) is 15.3 Å². The number of aromatic amines is 1. The molecule has 0 radical (unpaired) electrons. The van der Waals surface area contributed by atoms with Crippen molar-refractivity contribution in [1.82, 2.24) is 19.7 Å². The molecule has 136 valence electrons. The molecule has 3 aromatic rings. The Labute approximate surface area is 150 Å². The number of rotatable bonds is 5. The van der Waals surface area contributed by atoms with E-state index in [0.717, 1.165) is 24.2 Å². The Morgan fingerprint density at radius 2 is 2.15 bits per heavy atom. The number of hydrogen-bond acceptors (Lipinski definition) is 4. The highest BCUT2D eigenvalue weighted by atomic mass is 16.5. The maximum absolute atomic E-state index is 12.4. The molecule has 1 aromatic carbocycles. The van der Waals surface area contributed by atoms with Gasteiger partial charge >= 0.3 is 0 Å². The quantitative estimate of drug-likeness (QED) is 0.688. The number of imidazole rings is 1. The first kappa shape index (κ1) is 16.8. The van der Waals surface area contributed by atoms with Crippen LogP contribution < -0.4 is 10.9 Å². The SMILES string of the molecule is COCCNC(=O)c1ccc2[nH]c(=O)c3cnc(C4CCCC4)n3c2c1. The molecule has 4 rings (SSSR count). The molecule has 1 aliphatic carbocycles. The molecule has 1 saturated carbocycles. The van der Waals surface area contributed by atoms with Crippen molar-refractivity contribution in [3.05, 3.63) is 46.1 Å². The molecular weight excluding hydrogens is 332 g/mol. The number of hydrogen-bond donors (Lipinski definition) is 2. The lowest BCUT2D eigenvalue weighted by molar-refractivity contribution is 0.0937. The Morgan fingerprint density at radius 3 is 2.92 bits per heavy atom. The van der Waals surface area contributed by atoms with E-state index < -0.39 is 0 Å². The second kappa shape index (κ2) is 6.92. The molecule has 2 N–H and O–H groups in total. The van der Waals surface area contributed by atoms with Crippen molar-refractivity contribution in [2.45, 2.75) is 31.6 Å². The zero-order valence-corrected chi connectivity index (χ0v) is 14.7. The minimum Gasteiger partial charge on any atom is -0.383 e. The molecule has 0 unspecified atom stereocenters. The Kier molecular flexibility index (Phi) is 4.46. The summed E-state index contributed by atoms with van der Waals surface area (Å²) in [5, 5.41) is 2.83. The number of benzene rings is 1. The van der Waals surface area contributed by atoms with E-state index in [9.17, 15) is 9.59 Å². The summed E-state index contributed by atoms with van der Waals surface area (Å²) in [4.78, 5) is 32.2. The molecule has 0 spiro atoms. The van der Waals surface area contributed by atoms with E-state index in [0.29, 0.717) is 35.7 Å². The van der Waals surface area contributed by atoms with E-state index in [1.54, 1.807) is 25.4 Å². The molecule has 1 amide bonds. The van der Waals surface area contributed by atoms with Gasteiger partial charge in [-0.2, -0.15) is 0 Å². The topological polar surface area (TPSA) is 88.5 Å². The molecule has 26 heavy (non-hydrogen) atoms. The van der Waals surface area contributed by atoms with E-state index in [4.69, 9.17) is 4.74 Å². The van der Waals surface area contributed by atoms with Crippen LogP contribution in [0.4, 0.5) is 0 Å². The third kappa shape index (κ3) is 2.88. The molecule has 7 nitrogen and oxygen atoms in total. The first-order valence-corrected chi connectivity index (χ1v) is 8.99. The average Bonchev–Trinajstić information content (AvgIpc) is 3.31. The first-order valence-electron chi connectivity index (χ1n) is 8.99. The summed E-state index contributed by atoms with van der Waals surface area (Å²) in [5.41, 5.74) is 2.42. The van der Waals surface area contributed by atoms with E-state index in [1.165, 1.54) is 12.8 Å². The van der Waals surface area contributed by atoms with Crippen molar-refractivity contribution in [1.29, 1.82) is 0 Å². The smallest absolute Gasteiger partial charge is 0.274 e. The van der Waals surface area contributed by atoms with Crippen LogP contribution in [0.1, 0.15) is 47.8 Å². The van der Waals surface area contributed by atoms with Crippen molar-refractivity contribution < 1.29 is 9.53 Å². The summed E-state index contributed by atoms with van der Waals surface area (Å²) in [6, 6.07) is 5.32. The fourth-order valence-corrected chi connectivity index (χ4v) is 3.77. The minimum atomic E-state index is -0.161. The van der Waals surface area contributed by atoms with Gasteiger partial charge in [0.15, 0.2) is 0 Å². The van der Waals surface area contributed by atoms with E-state index in [1.807, 2.05) is 10.5 Å². The van der Waals surface area contributed by atoms with Gasteiger partial charge in [0.1, 0.15) is 11.3 Å². The molecule has 1 aliphatic rings. The van der Waals surface area contributed by atoms with Crippen molar-refractivity contribution in [3.8, 4) is 0 Å². The van der Waals surface area contributed by atoms with Crippen molar-refractivity contribution in [3.63, 3.8) is 0 Å². The number of H-pyrrole nitrogens is 1. The molecular formula is C19H22N4O3. The molecule has 2 aromatic heterocycles. The van der Waals surface area contributed by atoms with Crippen LogP contribution in [-0.4, -0.2) is 40.5 Å². The molecule has 0 bridgehead atoms. The molecule has 0 saturated heterocycles. The highest BCUT2D eigenvalue weighted by Gasteiger charge is 2.23. The van der Waals surface area contributed by atoms with Gasteiger partial charge < -0.3 is 15.0 Å². The van der Waals surface area contributed by atoms with Crippen LogP contribution in [0.5, 0.6) is 0 Å². The van der Waals surface area contributed by atoms with Crippen molar-refractivity contribution >= 4 is 22.5 Å². The second-order valence-corrected chi connectivity index (χ2v) is 6.75. The number of nitrogens with zero attached hydrogens (tertiary/aromatic N) is 2. The second-order valence-electron chi connectivity index (χ2n) is 6.75. The van der Waals surface area contributed by atoms with Crippen LogP contribution in [-0.2, 0) is 4.74 Å². The standard InChI is InChI=1S/C19H22N4O3/c1-26-9-8-20-18(24)13-6-7-14-15(10-13)23-16(19(25)22-14)11-21-17(23)12-4-2-3-5-12/h6-7,10-12H,2-5,8-9H2,1H3,(H,20,24)(H,22,25). The number of aromatic nitrogens is 3. The van der Waals surface area contributed by atoms with Gasteiger partial charge in [0.2, 0.25) is 0 Å². The predicted molar refractivity (Wildman–Crippen MR) is 98.7 cm³/mol. The highest BCUT2D eigenvalue weighted by molar-refractivity contribution is 5.97. The number of nitrogens with one attached hydrogen (secondary N) is 2. The lowest BCUT2D eigenvalue weighted by atomic mass is 10.1. The van der Waals surface area contributed by atoms with Gasteiger partial charge in [-0.3, -0.25) is 14.0 Å². The van der Waals surface area contributed by atoms with E-state index >= 15 is 0 Å². The van der Waals surface area contributed by atoms with Crippen LogP contribution >= 0.6 is 0 Å². The monoisotopic (exact) mass is 354 g/mol. The summed E-state index contributed by atoms with van der Waals surface area (Å²) in [6.07, 6.45) is 6.19. The van der Waals surface area contributed by atoms with Crippen LogP contribution in [0.25, 0.3) is 16.6 Å². The lowest BCUT2D eigenvalue weighted by Crippen LogP contribution is -2.27. The number of ether oxygens (including phenoxy) is 1. The summed E-state index contributed by atoms with van der Waals surface area (Å²) in [5.74, 6) is 1.12. The molecule has 0 atom stereocenters. The number of carbonyl (C=O) groups is 1. The number of methoxy groups -OCH3 is 1. The third-order valence-electron chi connectivity index (χ3n) is 5.08. The maximum atomic E-state index is 12.4. The van der Waals surface area contributed by atoms with Gasteiger partial charge in [-0.05, 0) is 31.0 Å². The van der Waals surface area contributed by atoms with Gasteiger partial charge in [-0.25, -0.2) is 4.98 Å². The maximum Gasteiger partial charge on any atom is 0.274 e. The van der Waals surface area contributed by atoms with Gasteiger partial charge in [-0.15, -0.1) is 0 Å². The fourth-order valence-electron chi connectivity index (χ4n) is 3.77. The van der Waals surface area contributed by atoms with Gasteiger partial charge in [0, 0.05) is 25.1 Å². The molecule has 0 aliphatic heterocycles. The summed E-state index contributed by atoms with van der Waals surface area (Å²) < 4.78 is 6.89. The number of fused-ring (bicyclic) bond motifs is 3. The zero-order chi connectivity index (χ0) is 18.1. The van der Waals surface area contributed by atoms with Crippen LogP contribution in [0.3, 0.4) is 0 Å². The zero-order valence-electron chi connectivity index (χ0n) is 14.7. The van der Waals surface area contributed by atoms with Gasteiger partial charge in [0.25, 0.3) is 11.5 Å². The number of carbonyl (C=O) groups excluding carboxylic acids is 1. The van der Waals surface area contributed by atoms with E-state index in [-0.39, 0.29) is 11.5 Å². The van der Waals surface area contributed by atoms with Crippen LogP contribution in [0.2, 0.25) is 0 Å². The van der Waals surface area contributed by atoms with Crippen LogP contribution in [0, 0.1) is 0 Å². The van der Waals surface area contributed by atoms with Gasteiger partial charge in [0.05, 0.1) is 23.8 Å². The molecule has 1 fully saturated rings. The largest absolute Gasteiger partial charge is 0.383 e. The molecule has 2 heterocycles. The van der Waals surface area contributed by atoms with Gasteiger partial charge in [-0.1, -0.05) is 12.8 Å². The average molecular weight is 354 g/mol. The Bertz CT molecular complexity index is 1010. The summed E-state index contributed by atoms with van der Waals surface area (Å²) in [7, 11) is 1.60. The Hall–Kier alpha value is -2.67. The highest BCUT2D eigenvalue weighted by Crippen LogP contribution is 2.34. The summed E-state index contributed by atoms with van der Waals surface area (Å²) >= 11 is 0. The van der Waals surface area contributed by atoms with Crippen molar-refractivity contribution in [2.24, 2.45) is 0 Å². The number of amides is 1.